The highest BCUT2D eigenvalue weighted by Gasteiger charge is 2.28. The number of carbonyl (C=O) groups is 3. The number of ether oxygens (including phenoxy) is 4. The Morgan fingerprint density at radius 2 is 1.77 bits per heavy atom. The van der Waals surface area contributed by atoms with Gasteiger partial charge in [0.25, 0.3) is 5.91 Å². The monoisotopic (exact) mass is 641 g/mol. The largest absolute Gasteiger partial charge is 0.493 e. The van der Waals surface area contributed by atoms with E-state index in [0.29, 0.717) is 44.6 Å². The highest BCUT2D eigenvalue weighted by atomic mass is 35.5. The van der Waals surface area contributed by atoms with E-state index in [1.807, 2.05) is 6.07 Å². The molecule has 1 amide bonds. The van der Waals surface area contributed by atoms with E-state index >= 15 is 0 Å². The second-order valence-corrected chi connectivity index (χ2v) is 11.7. The molecule has 4 aromatic rings. The third-order valence-electron chi connectivity index (χ3n) is 6.53. The summed E-state index contributed by atoms with van der Waals surface area (Å²) in [5, 5.41) is 4.46. The fraction of sp³-hybridized carbons (Fsp3) is 0.312. The molecular formula is C32H33Cl2N3O7. The molecule has 12 heteroatoms. The van der Waals surface area contributed by atoms with Gasteiger partial charge in [0, 0.05) is 51.9 Å². The molecule has 0 fully saturated rings. The van der Waals surface area contributed by atoms with Gasteiger partial charge in [-0.3, -0.25) is 9.78 Å². The van der Waals surface area contributed by atoms with Gasteiger partial charge in [0.2, 0.25) is 0 Å². The van der Waals surface area contributed by atoms with E-state index in [1.165, 1.54) is 24.9 Å². The van der Waals surface area contributed by atoms with Crippen LogP contribution in [-0.4, -0.2) is 60.0 Å². The van der Waals surface area contributed by atoms with Crippen LogP contribution in [0.25, 0.3) is 10.9 Å². The molecule has 0 spiro atoms. The fourth-order valence-corrected chi connectivity index (χ4v) is 5.00. The summed E-state index contributed by atoms with van der Waals surface area (Å²) in [5.41, 5.74) is 1.29. The third kappa shape index (κ3) is 8.00. The van der Waals surface area contributed by atoms with Crippen molar-refractivity contribution in [2.45, 2.75) is 45.3 Å². The topological polar surface area (TPSA) is 118 Å². The zero-order chi connectivity index (χ0) is 32.0. The lowest BCUT2D eigenvalue weighted by Crippen LogP contribution is -2.43. The molecule has 2 aromatic carbocycles. The smallest absolute Gasteiger partial charge is 0.419 e. The Hall–Kier alpha value is -4.28. The number of esters is 1. The summed E-state index contributed by atoms with van der Waals surface area (Å²) < 4.78 is 23.3. The minimum Gasteiger partial charge on any atom is -0.493 e. The van der Waals surface area contributed by atoms with Gasteiger partial charge in [-0.15, -0.1) is 0 Å². The zero-order valence-corrected chi connectivity index (χ0v) is 26.5. The van der Waals surface area contributed by atoms with Gasteiger partial charge in [0.15, 0.2) is 11.5 Å². The van der Waals surface area contributed by atoms with Crippen LogP contribution in [0.4, 0.5) is 4.79 Å². The Bertz CT molecular complexity index is 1680. The minimum atomic E-state index is -1.13. The number of aromatic nitrogens is 2. The van der Waals surface area contributed by atoms with Crippen LogP contribution in [0.2, 0.25) is 10.0 Å². The first-order valence-corrected chi connectivity index (χ1v) is 14.5. The van der Waals surface area contributed by atoms with Gasteiger partial charge < -0.3 is 24.3 Å². The SMILES string of the molecule is COC(=O)C(Cc1cc2cnccc2n1C(=O)OC(C)(C)C)NC(=O)c1ccc(OC)c(OCCc2ccc(Cl)cc2Cl)c1. The van der Waals surface area contributed by atoms with Crippen molar-refractivity contribution in [3.63, 3.8) is 0 Å². The molecule has 44 heavy (non-hydrogen) atoms. The Labute approximate surface area is 265 Å². The summed E-state index contributed by atoms with van der Waals surface area (Å²) in [6.07, 6.45) is 2.96. The summed E-state index contributed by atoms with van der Waals surface area (Å²) in [6.45, 7) is 5.52. The van der Waals surface area contributed by atoms with Crippen LogP contribution in [0, 0.1) is 0 Å². The molecule has 0 saturated carbocycles. The highest BCUT2D eigenvalue weighted by Crippen LogP contribution is 2.29. The molecule has 232 valence electrons. The van der Waals surface area contributed by atoms with Crippen LogP contribution >= 0.6 is 23.2 Å². The maximum Gasteiger partial charge on any atom is 0.419 e. The maximum atomic E-state index is 13.4. The lowest BCUT2D eigenvalue weighted by atomic mass is 10.1. The van der Waals surface area contributed by atoms with E-state index < -0.39 is 29.6 Å². The number of methoxy groups -OCH3 is 2. The van der Waals surface area contributed by atoms with Crippen LogP contribution in [0.1, 0.15) is 42.4 Å². The van der Waals surface area contributed by atoms with Crippen LogP contribution in [0.3, 0.4) is 0 Å². The molecule has 0 aliphatic carbocycles. The molecule has 4 rings (SSSR count). The van der Waals surface area contributed by atoms with Crippen LogP contribution in [0.5, 0.6) is 11.5 Å². The minimum absolute atomic E-state index is 0.0618. The predicted molar refractivity (Wildman–Crippen MR) is 167 cm³/mol. The fourth-order valence-electron chi connectivity index (χ4n) is 4.50. The van der Waals surface area contributed by atoms with Crippen LogP contribution < -0.4 is 14.8 Å². The number of fused-ring (bicyclic) bond motifs is 1. The van der Waals surface area contributed by atoms with Crippen molar-refractivity contribution in [3.8, 4) is 11.5 Å². The number of amides is 1. The van der Waals surface area contributed by atoms with Crippen molar-refractivity contribution in [1.82, 2.24) is 14.9 Å². The number of nitrogens with one attached hydrogen (secondary N) is 1. The van der Waals surface area contributed by atoms with Gasteiger partial charge in [0.1, 0.15) is 11.6 Å². The van der Waals surface area contributed by atoms with Crippen LogP contribution in [0.15, 0.2) is 60.9 Å². The number of benzene rings is 2. The first-order valence-electron chi connectivity index (χ1n) is 13.7. The van der Waals surface area contributed by atoms with Crippen molar-refractivity contribution >= 4 is 52.1 Å². The van der Waals surface area contributed by atoms with Gasteiger partial charge in [-0.2, -0.15) is 0 Å². The van der Waals surface area contributed by atoms with Gasteiger partial charge in [0.05, 0.1) is 26.3 Å². The normalized spacial score (nSPS) is 12.0. The standard InChI is InChI=1S/C32H33Cl2N3O7/c1-32(2,3)44-31(40)37-23(14-21-18-35-12-10-26(21)37)17-25(30(39)42-5)36-29(38)20-7-9-27(41-4)28(15-20)43-13-11-19-6-8-22(33)16-24(19)34/h6-10,12,14-16,18,25H,11,13,17H2,1-5H3,(H,36,38). The van der Waals surface area contributed by atoms with Crippen molar-refractivity contribution in [1.29, 1.82) is 0 Å². The van der Waals surface area contributed by atoms with E-state index in [-0.39, 0.29) is 18.6 Å². The molecule has 0 bridgehead atoms. The number of carbonyl (C=O) groups excluding carboxylic acids is 3. The lowest BCUT2D eigenvalue weighted by Gasteiger charge is -2.22. The maximum absolute atomic E-state index is 13.4. The molecule has 10 nitrogen and oxygen atoms in total. The molecule has 1 N–H and O–H groups in total. The first kappa shape index (κ1) is 32.6. The zero-order valence-electron chi connectivity index (χ0n) is 25.0. The average molecular weight is 643 g/mol. The second-order valence-electron chi connectivity index (χ2n) is 10.8. The molecular weight excluding hydrogens is 609 g/mol. The van der Waals surface area contributed by atoms with E-state index in [2.05, 4.69) is 10.3 Å². The van der Waals surface area contributed by atoms with E-state index in [9.17, 15) is 14.4 Å². The third-order valence-corrected chi connectivity index (χ3v) is 7.12. The molecule has 0 aliphatic rings. The lowest BCUT2D eigenvalue weighted by molar-refractivity contribution is -0.142. The molecule has 2 heterocycles. The van der Waals surface area contributed by atoms with Crippen molar-refractivity contribution < 1.29 is 33.3 Å². The number of rotatable bonds is 10. The Morgan fingerprint density at radius 1 is 1.00 bits per heavy atom. The van der Waals surface area contributed by atoms with Crippen molar-refractivity contribution in [2.75, 3.05) is 20.8 Å². The quantitative estimate of drug-likeness (QED) is 0.201. The predicted octanol–water partition coefficient (Wildman–Crippen LogP) is 6.27. The molecule has 1 atom stereocenters. The summed E-state index contributed by atoms with van der Waals surface area (Å²) in [6, 6.07) is 12.2. The Balaban J connectivity index is 1.55. The number of pyridine rings is 1. The van der Waals surface area contributed by atoms with E-state index in [1.54, 1.807) is 69.6 Å². The molecule has 0 radical (unpaired) electrons. The number of nitrogens with zero attached hydrogens (tertiary/aromatic N) is 2. The molecule has 0 aliphatic heterocycles. The van der Waals surface area contributed by atoms with Gasteiger partial charge in [-0.05, 0) is 68.8 Å². The van der Waals surface area contributed by atoms with Crippen molar-refractivity contribution in [3.05, 3.63) is 87.8 Å². The molecule has 2 aromatic heterocycles. The molecule has 1 unspecified atom stereocenters. The average Bonchev–Trinajstić information content (AvgIpc) is 3.34. The van der Waals surface area contributed by atoms with Crippen LogP contribution in [-0.2, 0) is 27.1 Å². The number of hydrogen-bond donors (Lipinski definition) is 1. The highest BCUT2D eigenvalue weighted by molar-refractivity contribution is 6.35. The van der Waals surface area contributed by atoms with E-state index in [4.69, 9.17) is 42.1 Å². The van der Waals surface area contributed by atoms with Crippen molar-refractivity contribution in [2.24, 2.45) is 0 Å². The summed E-state index contributed by atoms with van der Waals surface area (Å²) in [7, 11) is 2.71. The number of hydrogen-bond acceptors (Lipinski definition) is 8. The van der Waals surface area contributed by atoms with Gasteiger partial charge in [-0.25, -0.2) is 14.2 Å². The summed E-state index contributed by atoms with van der Waals surface area (Å²) in [5.74, 6) is -0.501. The van der Waals surface area contributed by atoms with E-state index in [0.717, 1.165) is 5.56 Å². The Morgan fingerprint density at radius 3 is 2.45 bits per heavy atom. The number of halogens is 2. The first-order chi connectivity index (χ1) is 20.9. The second kappa shape index (κ2) is 14.0. The van der Waals surface area contributed by atoms with Gasteiger partial charge >= 0.3 is 12.1 Å². The Kier molecular flexibility index (Phi) is 10.4. The molecule has 0 saturated heterocycles. The van der Waals surface area contributed by atoms with Gasteiger partial charge in [-0.1, -0.05) is 29.3 Å². The summed E-state index contributed by atoms with van der Waals surface area (Å²) in [4.78, 5) is 43.6. The summed E-state index contributed by atoms with van der Waals surface area (Å²) >= 11 is 12.3.